The van der Waals surface area contributed by atoms with Crippen LogP contribution in [0.3, 0.4) is 0 Å². The second-order valence-electron chi connectivity index (χ2n) is 4.24. The average Bonchev–Trinajstić information content (AvgIpc) is 2.47. The highest BCUT2D eigenvalue weighted by Gasteiger charge is 2.04. The van der Waals surface area contributed by atoms with Crippen LogP contribution in [-0.2, 0) is 0 Å². The third-order valence-corrected chi connectivity index (χ3v) is 3.58. The molecule has 0 radical (unpaired) electrons. The van der Waals surface area contributed by atoms with Crippen molar-refractivity contribution in [2.24, 2.45) is 0 Å². The molecule has 0 heterocycles. The summed E-state index contributed by atoms with van der Waals surface area (Å²) in [5.74, 6) is 0. The second kappa shape index (κ2) is 6.90. The van der Waals surface area contributed by atoms with Crippen LogP contribution >= 0.6 is 34.8 Å². The first-order valence-electron chi connectivity index (χ1n) is 5.95. The van der Waals surface area contributed by atoms with Gasteiger partial charge in [0.2, 0.25) is 0 Å². The van der Waals surface area contributed by atoms with Gasteiger partial charge in [-0.3, -0.25) is 9.59 Å². The van der Waals surface area contributed by atoms with E-state index in [9.17, 15) is 9.59 Å². The molecule has 106 valence electrons. The second-order valence-corrected chi connectivity index (χ2v) is 5.33. The first kappa shape index (κ1) is 15.8. The van der Waals surface area contributed by atoms with E-state index in [4.69, 9.17) is 34.8 Å². The summed E-state index contributed by atoms with van der Waals surface area (Å²) in [6.45, 7) is 0. The topological polar surface area (TPSA) is 34.1 Å². The van der Waals surface area contributed by atoms with E-state index >= 15 is 0 Å². The first-order valence-corrected chi connectivity index (χ1v) is 7.08. The van der Waals surface area contributed by atoms with Gasteiger partial charge in [0.1, 0.15) is 0 Å². The third-order valence-electron chi connectivity index (χ3n) is 2.82. The quantitative estimate of drug-likeness (QED) is 0.568. The molecule has 2 nitrogen and oxygen atoms in total. The summed E-state index contributed by atoms with van der Waals surface area (Å²) in [7, 11) is 0. The predicted molar refractivity (Wildman–Crippen MR) is 87.0 cm³/mol. The number of carbonyl (C=O) groups is 2. The number of hydrogen-bond acceptors (Lipinski definition) is 2. The third kappa shape index (κ3) is 4.18. The highest BCUT2D eigenvalue weighted by Crippen LogP contribution is 2.23. The smallest absolute Gasteiger partial charge is 0.252 e. The molecule has 0 aliphatic heterocycles. The zero-order chi connectivity index (χ0) is 15.4. The molecule has 21 heavy (non-hydrogen) atoms. The Morgan fingerprint density at radius 2 is 1.05 bits per heavy atom. The van der Waals surface area contributed by atoms with Crippen molar-refractivity contribution in [3.8, 4) is 0 Å². The molecule has 2 rings (SSSR count). The maximum Gasteiger partial charge on any atom is 0.252 e. The van der Waals surface area contributed by atoms with Gasteiger partial charge in [-0.05, 0) is 64.7 Å². The van der Waals surface area contributed by atoms with Crippen LogP contribution < -0.4 is 0 Å². The number of benzene rings is 2. The Morgan fingerprint density at radius 1 is 0.667 bits per heavy atom. The summed E-state index contributed by atoms with van der Waals surface area (Å²) in [4.78, 5) is 22.0. The minimum atomic E-state index is -0.511. The fraction of sp³-hybridized carbons (Fsp3) is 0. The lowest BCUT2D eigenvalue weighted by Crippen LogP contribution is -1.89. The number of rotatable bonds is 4. The molecule has 0 bridgehead atoms. The van der Waals surface area contributed by atoms with Gasteiger partial charge in [-0.15, -0.1) is 0 Å². The summed E-state index contributed by atoms with van der Waals surface area (Å²) < 4.78 is 0. The average molecular weight is 340 g/mol. The minimum absolute atomic E-state index is 0.412. The van der Waals surface area contributed by atoms with Gasteiger partial charge in [-0.25, -0.2) is 0 Å². The Hall–Kier alpha value is -1.61. The molecule has 2 aromatic carbocycles. The molecule has 0 spiro atoms. The number of hydrogen-bond donors (Lipinski definition) is 0. The van der Waals surface area contributed by atoms with Crippen molar-refractivity contribution in [1.29, 1.82) is 0 Å². The molecule has 0 aliphatic carbocycles. The fourth-order valence-electron chi connectivity index (χ4n) is 1.70. The maximum atomic E-state index is 11.0. The lowest BCUT2D eigenvalue weighted by atomic mass is 10.1. The van der Waals surface area contributed by atoms with Crippen molar-refractivity contribution in [3.05, 3.63) is 70.8 Å². The number of carbonyl (C=O) groups excluding carboxylic acids is 2. The summed E-state index contributed by atoms with van der Waals surface area (Å²) in [5.41, 5.74) is 2.43. The van der Waals surface area contributed by atoms with E-state index in [2.05, 4.69) is 0 Å². The maximum absolute atomic E-state index is 11.0. The van der Waals surface area contributed by atoms with E-state index in [-0.39, 0.29) is 0 Å². The molecular formula is C16H9Cl3O2. The van der Waals surface area contributed by atoms with Crippen molar-refractivity contribution in [2.45, 2.75) is 0 Å². The van der Waals surface area contributed by atoms with Gasteiger partial charge in [-0.2, -0.15) is 0 Å². The van der Waals surface area contributed by atoms with Crippen LogP contribution in [0.5, 0.6) is 0 Å². The molecule has 5 heteroatoms. The van der Waals surface area contributed by atoms with E-state index in [1.807, 2.05) is 0 Å². The van der Waals surface area contributed by atoms with Gasteiger partial charge in [0, 0.05) is 16.2 Å². The Bertz CT molecular complexity index is 701. The van der Waals surface area contributed by atoms with Crippen molar-refractivity contribution in [3.63, 3.8) is 0 Å². The normalized spacial score (nSPS) is 11.3. The molecule has 0 amide bonds. The van der Waals surface area contributed by atoms with Crippen LogP contribution in [0.1, 0.15) is 31.8 Å². The SMILES string of the molecule is O=C(Cl)c1ccc(C=C(Cl)c2ccc(C(=O)Cl)cc2)cc1. The molecule has 0 aliphatic rings. The summed E-state index contributed by atoms with van der Waals surface area (Å²) in [6, 6.07) is 13.4. The van der Waals surface area contributed by atoms with Gasteiger partial charge in [0.25, 0.3) is 10.5 Å². The van der Waals surface area contributed by atoms with Crippen LogP contribution in [0.25, 0.3) is 11.1 Å². The monoisotopic (exact) mass is 338 g/mol. The molecule has 0 unspecified atom stereocenters. The van der Waals surface area contributed by atoms with E-state index in [1.165, 1.54) is 0 Å². The van der Waals surface area contributed by atoms with Gasteiger partial charge < -0.3 is 0 Å². The summed E-state index contributed by atoms with van der Waals surface area (Å²) in [5, 5.41) is -0.505. The van der Waals surface area contributed by atoms with Gasteiger partial charge in [0.15, 0.2) is 0 Å². The molecule has 0 N–H and O–H groups in total. The fourth-order valence-corrected chi connectivity index (χ4v) is 2.20. The highest BCUT2D eigenvalue weighted by atomic mass is 35.5. The minimum Gasteiger partial charge on any atom is -0.276 e. The van der Waals surface area contributed by atoms with Gasteiger partial charge in [-0.1, -0.05) is 35.9 Å². The van der Waals surface area contributed by atoms with Gasteiger partial charge >= 0.3 is 0 Å². The molecular weight excluding hydrogens is 331 g/mol. The standard InChI is InChI=1S/C16H9Cl3O2/c17-14(11-5-7-13(8-6-11)16(19)21)9-10-1-3-12(4-2-10)15(18)20/h1-9H. The molecule has 0 saturated carbocycles. The van der Waals surface area contributed by atoms with Gasteiger partial charge in [0.05, 0.1) is 0 Å². The molecule has 0 atom stereocenters. The molecule has 0 saturated heterocycles. The van der Waals surface area contributed by atoms with E-state index in [0.29, 0.717) is 16.2 Å². The van der Waals surface area contributed by atoms with Crippen LogP contribution in [0, 0.1) is 0 Å². The highest BCUT2D eigenvalue weighted by molar-refractivity contribution is 6.68. The van der Waals surface area contributed by atoms with E-state index in [0.717, 1.165) is 11.1 Å². The lowest BCUT2D eigenvalue weighted by molar-refractivity contribution is 0.107. The van der Waals surface area contributed by atoms with Crippen LogP contribution in [0.4, 0.5) is 0 Å². The number of halogens is 3. The summed E-state index contributed by atoms with van der Waals surface area (Å²) >= 11 is 17.0. The van der Waals surface area contributed by atoms with Crippen molar-refractivity contribution in [1.82, 2.24) is 0 Å². The molecule has 0 fully saturated rings. The summed E-state index contributed by atoms with van der Waals surface area (Å²) in [6.07, 6.45) is 1.75. The molecule has 0 aromatic heterocycles. The zero-order valence-corrected chi connectivity index (χ0v) is 12.9. The first-order chi connectivity index (χ1) is 9.97. The van der Waals surface area contributed by atoms with Crippen molar-refractivity contribution < 1.29 is 9.59 Å². The zero-order valence-electron chi connectivity index (χ0n) is 10.6. The predicted octanol–water partition coefficient (Wildman–Crippen LogP) is 5.18. The van der Waals surface area contributed by atoms with E-state index in [1.54, 1.807) is 54.6 Å². The largest absolute Gasteiger partial charge is 0.276 e. The van der Waals surface area contributed by atoms with Crippen molar-refractivity contribution in [2.75, 3.05) is 0 Å². The van der Waals surface area contributed by atoms with Crippen LogP contribution in [0.15, 0.2) is 48.5 Å². The Kier molecular flexibility index (Phi) is 5.18. The molecule has 2 aromatic rings. The van der Waals surface area contributed by atoms with Crippen LogP contribution in [0.2, 0.25) is 0 Å². The lowest BCUT2D eigenvalue weighted by Gasteiger charge is -2.02. The Labute approximate surface area is 136 Å². The Morgan fingerprint density at radius 3 is 1.48 bits per heavy atom. The Balaban J connectivity index is 2.23. The van der Waals surface area contributed by atoms with E-state index < -0.39 is 10.5 Å². The van der Waals surface area contributed by atoms with Crippen molar-refractivity contribution >= 4 is 56.4 Å². The van der Waals surface area contributed by atoms with Crippen LogP contribution in [-0.4, -0.2) is 10.5 Å².